The van der Waals surface area contributed by atoms with Crippen LogP contribution in [0.3, 0.4) is 0 Å². The molecule has 0 spiro atoms. The van der Waals surface area contributed by atoms with Crippen LogP contribution in [0, 0.1) is 6.92 Å². The summed E-state index contributed by atoms with van der Waals surface area (Å²) in [6.45, 7) is 4.82. The lowest BCUT2D eigenvalue weighted by atomic mass is 10.1. The second kappa shape index (κ2) is 10.3. The minimum absolute atomic E-state index is 0.0878. The van der Waals surface area contributed by atoms with Gasteiger partial charge in [-0.15, -0.1) is 0 Å². The Morgan fingerprint density at radius 1 is 0.824 bits per heavy atom. The number of nitrogens with zero attached hydrogens (tertiary/aromatic N) is 2. The molecule has 0 atom stereocenters. The normalized spacial score (nSPS) is 13.4. The Balaban J connectivity index is 1.36. The lowest BCUT2D eigenvalue weighted by molar-refractivity contribution is 0.0746. The van der Waals surface area contributed by atoms with Gasteiger partial charge in [-0.2, -0.15) is 0 Å². The summed E-state index contributed by atoms with van der Waals surface area (Å²) in [5.41, 5.74) is 3.95. The van der Waals surface area contributed by atoms with Crippen molar-refractivity contribution in [2.24, 2.45) is 0 Å². The summed E-state index contributed by atoms with van der Waals surface area (Å²) >= 11 is 0. The zero-order valence-electron chi connectivity index (χ0n) is 19.7. The van der Waals surface area contributed by atoms with E-state index >= 15 is 0 Å². The van der Waals surface area contributed by atoms with Crippen LogP contribution in [0.1, 0.15) is 26.3 Å². The van der Waals surface area contributed by atoms with E-state index in [9.17, 15) is 9.59 Å². The Morgan fingerprint density at radius 2 is 1.53 bits per heavy atom. The van der Waals surface area contributed by atoms with E-state index in [1.807, 2.05) is 60.4 Å². The van der Waals surface area contributed by atoms with Gasteiger partial charge in [-0.3, -0.25) is 9.59 Å². The van der Waals surface area contributed by atoms with E-state index in [1.165, 1.54) is 7.11 Å². The van der Waals surface area contributed by atoms with Crippen LogP contribution in [0.2, 0.25) is 0 Å². The molecule has 0 aliphatic carbocycles. The fourth-order valence-electron chi connectivity index (χ4n) is 4.09. The molecule has 1 heterocycles. The van der Waals surface area contributed by atoms with Crippen LogP contribution in [0.5, 0.6) is 11.5 Å². The first kappa shape index (κ1) is 23.2. The van der Waals surface area contributed by atoms with Crippen molar-refractivity contribution in [1.82, 2.24) is 4.90 Å². The number of hydrogen-bond acceptors (Lipinski definition) is 5. The van der Waals surface area contributed by atoms with E-state index in [2.05, 4.69) is 10.2 Å². The number of anilines is 2. The number of carbonyl (C=O) groups excluding carboxylic acids is 2. The van der Waals surface area contributed by atoms with Crippen LogP contribution in [-0.2, 0) is 0 Å². The van der Waals surface area contributed by atoms with Crippen molar-refractivity contribution in [3.05, 3.63) is 83.4 Å². The summed E-state index contributed by atoms with van der Waals surface area (Å²) in [5.74, 6) is 0.908. The van der Waals surface area contributed by atoms with Gasteiger partial charge < -0.3 is 24.6 Å². The first-order valence-electron chi connectivity index (χ1n) is 11.2. The van der Waals surface area contributed by atoms with Crippen LogP contribution in [0.25, 0.3) is 0 Å². The van der Waals surface area contributed by atoms with Crippen LogP contribution in [0.15, 0.2) is 66.7 Å². The smallest absolute Gasteiger partial charge is 0.259 e. The quantitative estimate of drug-likeness (QED) is 0.598. The van der Waals surface area contributed by atoms with Gasteiger partial charge >= 0.3 is 0 Å². The standard InChI is InChI=1S/C27H29N3O4/c1-19-6-4-5-7-23(19)27(32)30-16-14-29(15-17-30)21-10-8-20(9-11-21)28-26(31)24-13-12-22(33-2)18-25(24)34-3/h4-13,18H,14-17H2,1-3H3,(H,28,31). The molecule has 1 fully saturated rings. The first-order valence-corrected chi connectivity index (χ1v) is 11.2. The maximum Gasteiger partial charge on any atom is 0.259 e. The van der Waals surface area contributed by atoms with Crippen molar-refractivity contribution >= 4 is 23.2 Å². The fourth-order valence-corrected chi connectivity index (χ4v) is 4.09. The lowest BCUT2D eigenvalue weighted by Crippen LogP contribution is -2.48. The summed E-state index contributed by atoms with van der Waals surface area (Å²) < 4.78 is 10.5. The number of ether oxygens (including phenoxy) is 2. The highest BCUT2D eigenvalue weighted by atomic mass is 16.5. The SMILES string of the molecule is COc1ccc(C(=O)Nc2ccc(N3CCN(C(=O)c4ccccc4C)CC3)cc2)c(OC)c1. The van der Waals surface area contributed by atoms with Crippen molar-refractivity contribution in [2.45, 2.75) is 6.92 Å². The average Bonchev–Trinajstić information content (AvgIpc) is 2.88. The van der Waals surface area contributed by atoms with Crippen molar-refractivity contribution in [2.75, 3.05) is 50.6 Å². The third kappa shape index (κ3) is 4.98. The van der Waals surface area contributed by atoms with E-state index in [4.69, 9.17) is 9.47 Å². The molecule has 0 aromatic heterocycles. The minimum Gasteiger partial charge on any atom is -0.497 e. The number of amides is 2. The van der Waals surface area contributed by atoms with E-state index in [1.54, 1.807) is 25.3 Å². The molecule has 0 bridgehead atoms. The highest BCUT2D eigenvalue weighted by molar-refractivity contribution is 6.06. The first-order chi connectivity index (χ1) is 16.5. The number of hydrogen-bond donors (Lipinski definition) is 1. The van der Waals surface area contributed by atoms with E-state index in [0.717, 1.165) is 29.9 Å². The third-order valence-corrected chi connectivity index (χ3v) is 6.09. The molecule has 0 radical (unpaired) electrons. The van der Waals surface area contributed by atoms with Crippen LogP contribution in [-0.4, -0.2) is 57.1 Å². The molecule has 3 aromatic rings. The molecule has 34 heavy (non-hydrogen) atoms. The summed E-state index contributed by atoms with van der Waals surface area (Å²) in [5, 5.41) is 2.91. The Labute approximate surface area is 199 Å². The Bertz CT molecular complexity index is 1170. The van der Waals surface area contributed by atoms with Gasteiger partial charge in [0.25, 0.3) is 11.8 Å². The average molecular weight is 460 g/mol. The minimum atomic E-state index is -0.254. The molecule has 3 aromatic carbocycles. The maximum atomic E-state index is 12.9. The third-order valence-electron chi connectivity index (χ3n) is 6.09. The number of nitrogens with one attached hydrogen (secondary N) is 1. The molecule has 7 heteroatoms. The van der Waals surface area contributed by atoms with Crippen molar-refractivity contribution in [3.8, 4) is 11.5 Å². The largest absolute Gasteiger partial charge is 0.497 e. The fraction of sp³-hybridized carbons (Fsp3) is 0.259. The molecule has 1 aliphatic heterocycles. The summed E-state index contributed by atoms with van der Waals surface area (Å²) in [6.07, 6.45) is 0. The van der Waals surface area contributed by atoms with Gasteiger partial charge in [0.2, 0.25) is 0 Å². The molecule has 7 nitrogen and oxygen atoms in total. The highest BCUT2D eigenvalue weighted by Crippen LogP contribution is 2.26. The Hall–Kier alpha value is -4.00. The Morgan fingerprint density at radius 3 is 2.18 bits per heavy atom. The molecule has 0 saturated carbocycles. The number of rotatable bonds is 6. The van der Waals surface area contributed by atoms with Crippen molar-refractivity contribution < 1.29 is 19.1 Å². The summed E-state index contributed by atoms with van der Waals surface area (Å²) in [7, 11) is 3.09. The second-order valence-corrected chi connectivity index (χ2v) is 8.16. The topological polar surface area (TPSA) is 71.1 Å². The summed E-state index contributed by atoms with van der Waals surface area (Å²) in [4.78, 5) is 29.8. The molecule has 2 amide bonds. The number of aryl methyl sites for hydroxylation is 1. The number of methoxy groups -OCH3 is 2. The van der Waals surface area contributed by atoms with Crippen LogP contribution < -0.4 is 19.7 Å². The molecule has 1 N–H and O–H groups in total. The lowest BCUT2D eigenvalue weighted by Gasteiger charge is -2.36. The molecule has 0 unspecified atom stereocenters. The maximum absolute atomic E-state index is 12.9. The molecular weight excluding hydrogens is 430 g/mol. The highest BCUT2D eigenvalue weighted by Gasteiger charge is 2.23. The van der Waals surface area contributed by atoms with E-state index in [0.29, 0.717) is 35.8 Å². The molecule has 176 valence electrons. The van der Waals surface area contributed by atoms with Gasteiger partial charge in [-0.1, -0.05) is 18.2 Å². The van der Waals surface area contributed by atoms with Gasteiger partial charge in [0.1, 0.15) is 11.5 Å². The van der Waals surface area contributed by atoms with Crippen LogP contribution >= 0.6 is 0 Å². The van der Waals surface area contributed by atoms with Crippen molar-refractivity contribution in [3.63, 3.8) is 0 Å². The zero-order chi connectivity index (χ0) is 24.1. The molecule has 1 aliphatic rings. The summed E-state index contributed by atoms with van der Waals surface area (Å²) in [6, 6.07) is 20.5. The van der Waals surface area contributed by atoms with E-state index < -0.39 is 0 Å². The second-order valence-electron chi connectivity index (χ2n) is 8.16. The van der Waals surface area contributed by atoms with Crippen LogP contribution in [0.4, 0.5) is 11.4 Å². The molecule has 1 saturated heterocycles. The predicted molar refractivity (Wildman–Crippen MR) is 133 cm³/mol. The monoisotopic (exact) mass is 459 g/mol. The number of piperazine rings is 1. The predicted octanol–water partition coefficient (Wildman–Crippen LogP) is 4.23. The number of benzene rings is 3. The molecule has 4 rings (SSSR count). The molecular formula is C27H29N3O4. The zero-order valence-corrected chi connectivity index (χ0v) is 19.7. The van der Waals surface area contributed by atoms with E-state index in [-0.39, 0.29) is 11.8 Å². The van der Waals surface area contributed by atoms with Gasteiger partial charge in [-0.25, -0.2) is 0 Å². The van der Waals surface area contributed by atoms with Crippen molar-refractivity contribution in [1.29, 1.82) is 0 Å². The van der Waals surface area contributed by atoms with Gasteiger partial charge in [0.15, 0.2) is 0 Å². The van der Waals surface area contributed by atoms with Gasteiger partial charge in [-0.05, 0) is 55.0 Å². The number of carbonyl (C=O) groups is 2. The van der Waals surface area contributed by atoms with Gasteiger partial charge in [0.05, 0.1) is 19.8 Å². The van der Waals surface area contributed by atoms with Gasteiger partial charge in [0, 0.05) is 49.2 Å². The Kier molecular flexibility index (Phi) is 7.01.